The van der Waals surface area contributed by atoms with Crippen LogP contribution in [0, 0.1) is 5.92 Å². The molecule has 0 bridgehead atoms. The monoisotopic (exact) mass is 309 g/mol. The highest BCUT2D eigenvalue weighted by Crippen LogP contribution is 2.18. The van der Waals surface area contributed by atoms with E-state index in [0.29, 0.717) is 5.92 Å². The summed E-state index contributed by atoms with van der Waals surface area (Å²) in [7, 11) is 0. The zero-order valence-corrected chi connectivity index (χ0v) is 14.8. The van der Waals surface area contributed by atoms with Gasteiger partial charge in [0.2, 0.25) is 0 Å². The fraction of sp³-hybridized carbons (Fsp3) is 0.455. The van der Waals surface area contributed by atoms with Gasteiger partial charge in [-0.25, -0.2) is 0 Å². The zero-order chi connectivity index (χ0) is 16.5. The Morgan fingerprint density at radius 1 is 1.13 bits per heavy atom. The van der Waals surface area contributed by atoms with Crippen LogP contribution in [0.25, 0.3) is 5.57 Å². The maximum absolute atomic E-state index is 3.96. The fourth-order valence-corrected chi connectivity index (χ4v) is 3.11. The molecule has 1 nitrogen and oxygen atoms in total. The lowest BCUT2D eigenvalue weighted by atomic mass is 9.99. The van der Waals surface area contributed by atoms with Gasteiger partial charge in [0.05, 0.1) is 0 Å². The van der Waals surface area contributed by atoms with Crippen molar-refractivity contribution in [3.05, 3.63) is 66.3 Å². The third kappa shape index (κ3) is 6.19. The summed E-state index contributed by atoms with van der Waals surface area (Å²) in [5.41, 5.74) is 3.85. The van der Waals surface area contributed by atoms with E-state index in [-0.39, 0.29) is 0 Å². The van der Waals surface area contributed by atoms with Crippen LogP contribution in [0.1, 0.15) is 44.2 Å². The number of rotatable bonds is 7. The molecule has 0 aliphatic carbocycles. The highest BCUT2D eigenvalue weighted by atomic mass is 15.1. The van der Waals surface area contributed by atoms with Gasteiger partial charge in [-0.05, 0) is 55.0 Å². The molecule has 2 rings (SSSR count). The van der Waals surface area contributed by atoms with Gasteiger partial charge < -0.3 is 0 Å². The number of hydrogen-bond donors (Lipinski definition) is 0. The second kappa shape index (κ2) is 9.52. The van der Waals surface area contributed by atoms with Crippen molar-refractivity contribution in [2.75, 3.05) is 19.6 Å². The molecule has 1 aromatic carbocycles. The highest BCUT2D eigenvalue weighted by Gasteiger charge is 2.07. The Hall–Kier alpha value is -1.60. The quantitative estimate of drug-likeness (QED) is 0.601. The van der Waals surface area contributed by atoms with Crippen LogP contribution >= 0.6 is 0 Å². The average molecular weight is 309 g/mol. The molecule has 0 aromatic heterocycles. The largest absolute Gasteiger partial charge is 0.300 e. The van der Waals surface area contributed by atoms with Gasteiger partial charge in [-0.3, -0.25) is 4.90 Å². The van der Waals surface area contributed by atoms with E-state index in [1.165, 1.54) is 49.1 Å². The van der Waals surface area contributed by atoms with Crippen LogP contribution in [-0.2, 0) is 6.42 Å². The summed E-state index contributed by atoms with van der Waals surface area (Å²) in [6.07, 6.45) is 13.8. The first kappa shape index (κ1) is 17.7. The standard InChI is InChI=1S/C22H31N/c1-4-21(10-6-9-17-23-15-7-5-8-16-23)22-13-11-20(12-14-22)18-19(2)3/h4,6,9-14,19H,1,5,7-8,15-18H2,2-3H3/b9-6-,21-10+. The lowest BCUT2D eigenvalue weighted by molar-refractivity contribution is 0.251. The van der Waals surface area contributed by atoms with Crippen LogP contribution in [0.15, 0.2) is 55.1 Å². The van der Waals surface area contributed by atoms with Crippen LogP contribution in [-0.4, -0.2) is 24.5 Å². The van der Waals surface area contributed by atoms with E-state index in [1.807, 2.05) is 6.08 Å². The molecule has 0 atom stereocenters. The topological polar surface area (TPSA) is 3.24 Å². The molecule has 0 unspecified atom stereocenters. The van der Waals surface area contributed by atoms with Crippen molar-refractivity contribution in [1.29, 1.82) is 0 Å². The zero-order valence-electron chi connectivity index (χ0n) is 14.8. The minimum atomic E-state index is 0.702. The maximum Gasteiger partial charge on any atom is 0.0166 e. The van der Waals surface area contributed by atoms with E-state index >= 15 is 0 Å². The van der Waals surface area contributed by atoms with Crippen LogP contribution in [0.5, 0.6) is 0 Å². The first-order chi connectivity index (χ1) is 11.2. The number of hydrogen-bond acceptors (Lipinski definition) is 1. The minimum absolute atomic E-state index is 0.702. The molecule has 1 aromatic rings. The van der Waals surface area contributed by atoms with Crippen molar-refractivity contribution in [3.8, 4) is 0 Å². The summed E-state index contributed by atoms with van der Waals surface area (Å²) < 4.78 is 0. The normalized spacial score (nSPS) is 17.1. The molecule has 0 radical (unpaired) electrons. The molecule has 0 amide bonds. The molecular formula is C22H31N. The first-order valence-corrected chi connectivity index (χ1v) is 9.00. The Bertz CT molecular complexity index is 528. The summed E-state index contributed by atoms with van der Waals surface area (Å²) in [5, 5.41) is 0. The molecule has 1 heteroatoms. The Morgan fingerprint density at radius 2 is 1.83 bits per heavy atom. The van der Waals surface area contributed by atoms with E-state index < -0.39 is 0 Å². The van der Waals surface area contributed by atoms with Crippen molar-refractivity contribution < 1.29 is 0 Å². The molecule has 0 spiro atoms. The van der Waals surface area contributed by atoms with E-state index in [9.17, 15) is 0 Å². The number of nitrogens with zero attached hydrogens (tertiary/aromatic N) is 1. The molecule has 23 heavy (non-hydrogen) atoms. The third-order valence-electron chi connectivity index (χ3n) is 4.38. The molecular weight excluding hydrogens is 278 g/mol. The molecule has 1 heterocycles. The summed E-state index contributed by atoms with van der Waals surface area (Å²) in [5.74, 6) is 0.702. The van der Waals surface area contributed by atoms with Crippen molar-refractivity contribution >= 4 is 5.57 Å². The van der Waals surface area contributed by atoms with Gasteiger partial charge in [0, 0.05) is 6.54 Å². The number of likely N-dealkylation sites (tertiary alicyclic amines) is 1. The van der Waals surface area contributed by atoms with Gasteiger partial charge in [0.15, 0.2) is 0 Å². The van der Waals surface area contributed by atoms with E-state index in [4.69, 9.17) is 0 Å². The summed E-state index contributed by atoms with van der Waals surface area (Å²) >= 11 is 0. The van der Waals surface area contributed by atoms with Crippen molar-refractivity contribution in [2.45, 2.75) is 39.5 Å². The van der Waals surface area contributed by atoms with Crippen LogP contribution in [0.2, 0.25) is 0 Å². The van der Waals surface area contributed by atoms with Crippen molar-refractivity contribution in [3.63, 3.8) is 0 Å². The Kier molecular flexibility index (Phi) is 7.35. The summed E-state index contributed by atoms with van der Waals surface area (Å²) in [6.45, 7) is 12.0. The molecule has 0 N–H and O–H groups in total. The fourth-order valence-electron chi connectivity index (χ4n) is 3.11. The molecule has 1 aliphatic heterocycles. The van der Waals surface area contributed by atoms with E-state index in [0.717, 1.165) is 13.0 Å². The predicted molar refractivity (Wildman–Crippen MR) is 103 cm³/mol. The second-order valence-electron chi connectivity index (χ2n) is 6.91. The predicted octanol–water partition coefficient (Wildman–Crippen LogP) is 5.50. The Balaban J connectivity index is 1.93. The lowest BCUT2D eigenvalue weighted by Gasteiger charge is -2.24. The smallest absolute Gasteiger partial charge is 0.0166 e. The molecule has 1 fully saturated rings. The molecule has 0 saturated carbocycles. The highest BCUT2D eigenvalue weighted by molar-refractivity contribution is 5.74. The first-order valence-electron chi connectivity index (χ1n) is 9.00. The lowest BCUT2D eigenvalue weighted by Crippen LogP contribution is -2.29. The third-order valence-corrected chi connectivity index (χ3v) is 4.38. The van der Waals surface area contributed by atoms with Crippen LogP contribution in [0.4, 0.5) is 0 Å². The summed E-state index contributed by atoms with van der Waals surface area (Å²) in [4.78, 5) is 2.53. The molecule has 1 aliphatic rings. The maximum atomic E-state index is 3.96. The van der Waals surface area contributed by atoms with E-state index in [1.54, 1.807) is 0 Å². The van der Waals surface area contributed by atoms with Gasteiger partial charge in [-0.15, -0.1) is 0 Å². The number of allylic oxidation sites excluding steroid dienone is 4. The van der Waals surface area contributed by atoms with Crippen molar-refractivity contribution in [2.24, 2.45) is 5.92 Å². The Labute approximate surface area is 142 Å². The van der Waals surface area contributed by atoms with Crippen LogP contribution in [0.3, 0.4) is 0 Å². The van der Waals surface area contributed by atoms with Gasteiger partial charge in [-0.1, -0.05) is 75.4 Å². The number of piperidine rings is 1. The molecule has 124 valence electrons. The number of benzene rings is 1. The average Bonchev–Trinajstić information content (AvgIpc) is 2.56. The van der Waals surface area contributed by atoms with Gasteiger partial charge in [-0.2, -0.15) is 0 Å². The minimum Gasteiger partial charge on any atom is -0.300 e. The Morgan fingerprint density at radius 3 is 2.43 bits per heavy atom. The van der Waals surface area contributed by atoms with Crippen LogP contribution < -0.4 is 0 Å². The van der Waals surface area contributed by atoms with E-state index in [2.05, 4.69) is 67.8 Å². The van der Waals surface area contributed by atoms with Crippen molar-refractivity contribution in [1.82, 2.24) is 4.90 Å². The SMILES string of the molecule is C=C/C(=C\C=C/CN1CCCCC1)c1ccc(CC(C)C)cc1. The van der Waals surface area contributed by atoms with Gasteiger partial charge in [0.25, 0.3) is 0 Å². The van der Waals surface area contributed by atoms with Gasteiger partial charge in [0.1, 0.15) is 0 Å². The van der Waals surface area contributed by atoms with Gasteiger partial charge >= 0.3 is 0 Å². The second-order valence-corrected chi connectivity index (χ2v) is 6.91. The molecule has 1 saturated heterocycles. The summed E-state index contributed by atoms with van der Waals surface area (Å²) in [6, 6.07) is 8.90.